The highest BCUT2D eigenvalue weighted by molar-refractivity contribution is 5.80. The minimum atomic E-state index is -0.287. The summed E-state index contributed by atoms with van der Waals surface area (Å²) < 4.78 is 0. The lowest BCUT2D eigenvalue weighted by atomic mass is 10.3. The van der Waals surface area contributed by atoms with E-state index in [1.807, 2.05) is 0 Å². The zero-order valence-corrected chi connectivity index (χ0v) is 4.06. The van der Waals surface area contributed by atoms with Gasteiger partial charge in [0.15, 0.2) is 0 Å². The molecule has 2 heteroatoms. The Hall–Kier alpha value is -0.370. The molecule has 0 saturated heterocycles. The van der Waals surface area contributed by atoms with Crippen LogP contribution in [-0.4, -0.2) is 11.8 Å². The average molecular weight is 87.1 g/mol. The lowest BCUT2D eigenvalue weighted by Gasteiger charge is -1.91. The van der Waals surface area contributed by atoms with Crippen molar-refractivity contribution in [2.24, 2.45) is 5.73 Å². The maximum absolute atomic E-state index is 10.0. The van der Waals surface area contributed by atoms with Gasteiger partial charge < -0.3 is 5.73 Å². The topological polar surface area (TPSA) is 43.1 Å². The zero-order valence-electron chi connectivity index (χ0n) is 4.06. The fourth-order valence-corrected chi connectivity index (χ4v) is 0. The van der Waals surface area contributed by atoms with Gasteiger partial charge in [0, 0.05) is 0 Å². The van der Waals surface area contributed by atoms with Gasteiger partial charge in [0.25, 0.3) is 0 Å². The number of rotatable bonds is 1. The number of ketones is 1. The highest BCUT2D eigenvalue weighted by atomic mass is 16.1. The van der Waals surface area contributed by atoms with Gasteiger partial charge in [-0.25, -0.2) is 0 Å². The Morgan fingerprint density at radius 1 is 1.83 bits per heavy atom. The van der Waals surface area contributed by atoms with E-state index in [2.05, 4.69) is 0 Å². The third-order valence-electron chi connectivity index (χ3n) is 0.641. The average Bonchev–Trinajstić information content (AvgIpc) is 1.36. The Kier molecular flexibility index (Phi) is 1.81. The normalized spacial score (nSPS) is 13.8. The van der Waals surface area contributed by atoms with Gasteiger partial charge in [-0.1, -0.05) is 0 Å². The summed E-state index contributed by atoms with van der Waals surface area (Å²) in [6, 6.07) is -0.287. The number of hydrogen-bond donors (Lipinski definition) is 1. The summed E-state index contributed by atoms with van der Waals surface area (Å²) in [5.41, 5.74) is 5.09. The van der Waals surface area contributed by atoms with Crippen LogP contribution in [0.3, 0.4) is 0 Å². The monoisotopic (exact) mass is 87.1 g/mol. The molecular formula is C4H9NO. The summed E-state index contributed by atoms with van der Waals surface area (Å²) in [6.07, 6.45) is 0. The van der Waals surface area contributed by atoms with Gasteiger partial charge >= 0.3 is 0 Å². The van der Waals surface area contributed by atoms with Crippen molar-refractivity contribution in [1.29, 1.82) is 0 Å². The van der Waals surface area contributed by atoms with Gasteiger partial charge in [-0.3, -0.25) is 4.79 Å². The molecule has 0 amide bonds. The second-order valence-electron chi connectivity index (χ2n) is 1.40. The van der Waals surface area contributed by atoms with Crippen molar-refractivity contribution in [1.82, 2.24) is 0 Å². The molecule has 2 N–H and O–H groups in total. The molecular weight excluding hydrogens is 78.0 g/mol. The number of hydrogen-bond acceptors (Lipinski definition) is 2. The van der Waals surface area contributed by atoms with Crippen molar-refractivity contribution < 1.29 is 4.79 Å². The van der Waals surface area contributed by atoms with Crippen molar-refractivity contribution in [3.63, 3.8) is 0 Å². The van der Waals surface area contributed by atoms with Crippen LogP contribution in [0.1, 0.15) is 13.8 Å². The van der Waals surface area contributed by atoms with E-state index in [0.717, 1.165) is 0 Å². The summed E-state index contributed by atoms with van der Waals surface area (Å²) in [4.78, 5) is 10.0. The highest BCUT2D eigenvalue weighted by Gasteiger charge is 1.95. The molecule has 0 rings (SSSR count). The van der Waals surface area contributed by atoms with Gasteiger partial charge in [-0.2, -0.15) is 0 Å². The number of Topliss-reactive ketones (excluding diaryl/α,β-unsaturated/α-hetero) is 1. The van der Waals surface area contributed by atoms with Crippen LogP contribution < -0.4 is 5.73 Å². The third kappa shape index (κ3) is 1.91. The molecule has 1 atom stereocenters. The van der Waals surface area contributed by atoms with Gasteiger partial charge in [-0.05, 0) is 13.8 Å². The first-order valence-corrected chi connectivity index (χ1v) is 1.90. The Bertz CT molecular complexity index is 58.6. The molecule has 0 aliphatic heterocycles. The predicted octanol–water partition coefficient (Wildman–Crippen LogP) is -0.0774. The molecule has 0 heterocycles. The quantitative estimate of drug-likeness (QED) is 0.486. The largest absolute Gasteiger partial charge is 0.322 e. The van der Waals surface area contributed by atoms with Crippen molar-refractivity contribution in [2.75, 3.05) is 0 Å². The van der Waals surface area contributed by atoms with Gasteiger partial charge in [0.05, 0.1) is 6.04 Å². The van der Waals surface area contributed by atoms with E-state index >= 15 is 0 Å². The Morgan fingerprint density at radius 3 is 2.00 bits per heavy atom. The Balaban J connectivity index is 3.26. The lowest BCUT2D eigenvalue weighted by molar-refractivity contribution is -0.117. The van der Waals surface area contributed by atoms with E-state index in [4.69, 9.17) is 5.73 Å². The van der Waals surface area contributed by atoms with E-state index in [0.29, 0.717) is 0 Å². The minimum Gasteiger partial charge on any atom is -0.322 e. The summed E-state index contributed by atoms with van der Waals surface area (Å²) in [7, 11) is 0. The molecule has 2 nitrogen and oxygen atoms in total. The van der Waals surface area contributed by atoms with Crippen LogP contribution in [0.5, 0.6) is 0 Å². The fraction of sp³-hybridized carbons (Fsp3) is 0.750. The molecule has 0 aromatic rings. The fourth-order valence-electron chi connectivity index (χ4n) is 0. The molecule has 0 unspecified atom stereocenters. The van der Waals surface area contributed by atoms with Crippen molar-refractivity contribution >= 4 is 5.78 Å². The Morgan fingerprint density at radius 2 is 2.00 bits per heavy atom. The Labute approximate surface area is 37.3 Å². The van der Waals surface area contributed by atoms with Crippen LogP contribution >= 0.6 is 0 Å². The molecule has 0 aliphatic rings. The lowest BCUT2D eigenvalue weighted by Crippen LogP contribution is -2.23. The first kappa shape index (κ1) is 5.63. The van der Waals surface area contributed by atoms with Crippen LogP contribution in [0.15, 0.2) is 0 Å². The first-order valence-electron chi connectivity index (χ1n) is 1.90. The van der Waals surface area contributed by atoms with E-state index in [-0.39, 0.29) is 11.8 Å². The van der Waals surface area contributed by atoms with Crippen molar-refractivity contribution in [3.05, 3.63) is 0 Å². The molecule has 0 spiro atoms. The molecule has 0 aromatic heterocycles. The summed E-state index contributed by atoms with van der Waals surface area (Å²) >= 11 is 0. The molecule has 0 aromatic carbocycles. The standard InChI is InChI=1S/C4H9NO/c1-3(5)4(2)6/h3H,5H2,1-2H3/t3-/m0/s1. The molecule has 0 radical (unpaired) electrons. The predicted molar refractivity (Wildman–Crippen MR) is 24.3 cm³/mol. The summed E-state index contributed by atoms with van der Waals surface area (Å²) in [5.74, 6) is 0.0370. The smallest absolute Gasteiger partial charge is 0.146 e. The molecule has 0 fully saturated rings. The van der Waals surface area contributed by atoms with Gasteiger partial charge in [0.1, 0.15) is 5.78 Å². The maximum atomic E-state index is 10.0. The van der Waals surface area contributed by atoms with E-state index in [9.17, 15) is 4.79 Å². The van der Waals surface area contributed by atoms with Crippen molar-refractivity contribution in [3.8, 4) is 0 Å². The molecule has 0 saturated carbocycles. The van der Waals surface area contributed by atoms with Crippen LogP contribution in [0, 0.1) is 0 Å². The number of carbonyl (C=O) groups excluding carboxylic acids is 1. The van der Waals surface area contributed by atoms with Crippen molar-refractivity contribution in [2.45, 2.75) is 19.9 Å². The van der Waals surface area contributed by atoms with Crippen LogP contribution in [0.4, 0.5) is 0 Å². The van der Waals surface area contributed by atoms with E-state index < -0.39 is 0 Å². The van der Waals surface area contributed by atoms with E-state index in [1.165, 1.54) is 6.92 Å². The first-order chi connectivity index (χ1) is 2.64. The maximum Gasteiger partial charge on any atom is 0.146 e. The zero-order chi connectivity index (χ0) is 5.15. The second kappa shape index (κ2) is 1.92. The summed E-state index contributed by atoms with van der Waals surface area (Å²) in [5, 5.41) is 0. The van der Waals surface area contributed by atoms with Crippen LogP contribution in [0.2, 0.25) is 0 Å². The van der Waals surface area contributed by atoms with E-state index in [1.54, 1.807) is 6.92 Å². The molecule has 6 heavy (non-hydrogen) atoms. The molecule has 0 bridgehead atoms. The second-order valence-corrected chi connectivity index (χ2v) is 1.40. The van der Waals surface area contributed by atoms with Crippen LogP contribution in [-0.2, 0) is 4.79 Å². The van der Waals surface area contributed by atoms with Gasteiger partial charge in [-0.15, -0.1) is 0 Å². The molecule has 36 valence electrons. The minimum absolute atomic E-state index is 0.0370. The molecule has 0 aliphatic carbocycles. The SMILES string of the molecule is CC(=O)[C@H](C)N. The highest BCUT2D eigenvalue weighted by Crippen LogP contribution is 1.72. The number of nitrogens with two attached hydrogens (primary N) is 1. The third-order valence-corrected chi connectivity index (χ3v) is 0.641. The summed E-state index contributed by atoms with van der Waals surface area (Å²) in [6.45, 7) is 3.15. The van der Waals surface area contributed by atoms with Gasteiger partial charge in [0.2, 0.25) is 0 Å². The number of carbonyl (C=O) groups is 1. The van der Waals surface area contributed by atoms with Crippen LogP contribution in [0.25, 0.3) is 0 Å².